The minimum atomic E-state index is 0.437. The van der Waals surface area contributed by atoms with Gasteiger partial charge in [-0.05, 0) is 25.5 Å². The Bertz CT molecular complexity index is 317. The van der Waals surface area contributed by atoms with Crippen molar-refractivity contribution in [2.75, 3.05) is 12.3 Å². The van der Waals surface area contributed by atoms with Gasteiger partial charge in [-0.25, -0.2) is 0 Å². The molecule has 1 aromatic rings. The van der Waals surface area contributed by atoms with E-state index in [-0.39, 0.29) is 0 Å². The second-order valence-corrected chi connectivity index (χ2v) is 6.04. The normalized spacial score (nSPS) is 26.0. The fraction of sp³-hybridized carbons (Fsp3) is 0.800. The molecule has 0 radical (unpaired) electrons. The second kappa shape index (κ2) is 4.53. The lowest BCUT2D eigenvalue weighted by Crippen LogP contribution is -2.32. The van der Waals surface area contributed by atoms with Gasteiger partial charge in [-0.15, -0.1) is 5.10 Å². The molecule has 1 fully saturated rings. The molecule has 15 heavy (non-hydrogen) atoms. The molecule has 0 bridgehead atoms. The first-order valence-corrected chi connectivity index (χ1v) is 6.36. The van der Waals surface area contributed by atoms with Crippen LogP contribution in [0, 0.1) is 0 Å². The topological polar surface area (TPSA) is 42.7 Å². The Morgan fingerprint density at radius 2 is 2.53 bits per heavy atom. The molecule has 0 aliphatic carbocycles. The van der Waals surface area contributed by atoms with E-state index in [2.05, 4.69) is 34.3 Å². The second-order valence-electron chi connectivity index (χ2n) is 4.35. The van der Waals surface area contributed by atoms with Crippen LogP contribution in [0.25, 0.3) is 0 Å². The lowest BCUT2D eigenvalue weighted by molar-refractivity contribution is 0.524. The van der Waals surface area contributed by atoms with Gasteiger partial charge in [-0.3, -0.25) is 4.68 Å². The number of nitrogens with zero attached hydrogens (tertiary/aromatic N) is 3. The van der Waals surface area contributed by atoms with E-state index < -0.39 is 0 Å². The quantitative estimate of drug-likeness (QED) is 0.837. The molecular weight excluding hydrogens is 208 g/mol. The van der Waals surface area contributed by atoms with Crippen LogP contribution in [0.2, 0.25) is 0 Å². The summed E-state index contributed by atoms with van der Waals surface area (Å²) in [6, 6.07) is 0. The number of aryl methyl sites for hydroxylation is 1. The van der Waals surface area contributed by atoms with Crippen molar-refractivity contribution in [3.63, 3.8) is 0 Å². The zero-order valence-corrected chi connectivity index (χ0v) is 10.2. The summed E-state index contributed by atoms with van der Waals surface area (Å²) < 4.78 is 2.25. The molecule has 0 spiro atoms. The minimum Gasteiger partial charge on any atom is -0.310 e. The van der Waals surface area contributed by atoms with Gasteiger partial charge in [0.2, 0.25) is 0 Å². The third kappa shape index (κ3) is 2.72. The molecule has 4 nitrogen and oxygen atoms in total. The summed E-state index contributed by atoms with van der Waals surface area (Å²) in [5, 5.41) is 11.3. The highest BCUT2D eigenvalue weighted by molar-refractivity contribution is 8.00. The van der Waals surface area contributed by atoms with Crippen LogP contribution in [0.1, 0.15) is 25.5 Å². The van der Waals surface area contributed by atoms with Gasteiger partial charge < -0.3 is 5.32 Å². The van der Waals surface area contributed by atoms with Gasteiger partial charge in [0.05, 0.1) is 11.9 Å². The number of hydrogen-bond donors (Lipinski definition) is 1. The fourth-order valence-electron chi connectivity index (χ4n) is 1.90. The van der Waals surface area contributed by atoms with Crippen molar-refractivity contribution >= 4 is 11.8 Å². The van der Waals surface area contributed by atoms with Crippen molar-refractivity contribution in [3.8, 4) is 0 Å². The number of nitrogens with one attached hydrogen (secondary N) is 1. The van der Waals surface area contributed by atoms with E-state index in [0.717, 1.165) is 18.8 Å². The standard InChI is InChI=1S/C10H18N4S/c1-10(4-3-5-15-10)8-11-6-9-7-12-13-14(9)2/h7,11H,3-6,8H2,1-2H3. The largest absolute Gasteiger partial charge is 0.310 e. The van der Waals surface area contributed by atoms with Crippen LogP contribution >= 0.6 is 11.8 Å². The van der Waals surface area contributed by atoms with E-state index in [4.69, 9.17) is 0 Å². The van der Waals surface area contributed by atoms with Gasteiger partial charge in [-0.2, -0.15) is 11.8 Å². The lowest BCUT2D eigenvalue weighted by atomic mass is 10.1. The zero-order chi connectivity index (χ0) is 10.7. The smallest absolute Gasteiger partial charge is 0.0738 e. The van der Waals surface area contributed by atoms with E-state index in [9.17, 15) is 0 Å². The van der Waals surface area contributed by atoms with Crippen molar-refractivity contribution in [1.82, 2.24) is 20.3 Å². The monoisotopic (exact) mass is 226 g/mol. The van der Waals surface area contributed by atoms with Crippen molar-refractivity contribution in [1.29, 1.82) is 0 Å². The minimum absolute atomic E-state index is 0.437. The molecule has 1 aromatic heterocycles. The summed E-state index contributed by atoms with van der Waals surface area (Å²) in [6.45, 7) is 4.28. The van der Waals surface area contributed by atoms with Crippen molar-refractivity contribution in [2.24, 2.45) is 7.05 Å². The number of rotatable bonds is 4. The first kappa shape index (κ1) is 11.0. The molecule has 0 saturated carbocycles. The van der Waals surface area contributed by atoms with Crippen LogP contribution in [-0.4, -0.2) is 32.0 Å². The molecular formula is C10H18N4S. The Kier molecular flexibility index (Phi) is 3.31. The Morgan fingerprint density at radius 3 is 3.13 bits per heavy atom. The summed E-state index contributed by atoms with van der Waals surface area (Å²) in [5.41, 5.74) is 1.14. The van der Waals surface area contributed by atoms with E-state index in [1.54, 1.807) is 0 Å². The van der Waals surface area contributed by atoms with E-state index in [1.807, 2.05) is 17.9 Å². The van der Waals surface area contributed by atoms with E-state index in [1.165, 1.54) is 18.6 Å². The summed E-state index contributed by atoms with van der Waals surface area (Å²) in [7, 11) is 1.93. The van der Waals surface area contributed by atoms with E-state index in [0.29, 0.717) is 4.75 Å². The molecule has 1 N–H and O–H groups in total. The average molecular weight is 226 g/mol. The summed E-state index contributed by atoms with van der Waals surface area (Å²) in [4.78, 5) is 0. The molecule has 0 aromatic carbocycles. The summed E-state index contributed by atoms with van der Waals surface area (Å²) >= 11 is 2.09. The summed E-state index contributed by atoms with van der Waals surface area (Å²) in [6.07, 6.45) is 4.50. The molecule has 1 aliphatic heterocycles. The van der Waals surface area contributed by atoms with Crippen LogP contribution in [0.4, 0.5) is 0 Å². The maximum Gasteiger partial charge on any atom is 0.0738 e. The van der Waals surface area contributed by atoms with Gasteiger partial charge >= 0.3 is 0 Å². The first-order chi connectivity index (χ1) is 7.20. The highest BCUT2D eigenvalue weighted by atomic mass is 32.2. The predicted octanol–water partition coefficient (Wildman–Crippen LogP) is 1.19. The fourth-order valence-corrected chi connectivity index (χ4v) is 3.18. The first-order valence-electron chi connectivity index (χ1n) is 5.38. The molecule has 1 saturated heterocycles. The Morgan fingerprint density at radius 1 is 1.67 bits per heavy atom. The number of hydrogen-bond acceptors (Lipinski definition) is 4. The molecule has 1 unspecified atom stereocenters. The highest BCUT2D eigenvalue weighted by Gasteiger charge is 2.28. The van der Waals surface area contributed by atoms with Crippen LogP contribution in [0.5, 0.6) is 0 Å². The Labute approximate surface area is 94.8 Å². The van der Waals surface area contributed by atoms with Crippen LogP contribution < -0.4 is 5.32 Å². The van der Waals surface area contributed by atoms with Crippen molar-refractivity contribution in [3.05, 3.63) is 11.9 Å². The SMILES string of the molecule is Cn1nncc1CNCC1(C)CCCS1. The number of aromatic nitrogens is 3. The van der Waals surface area contributed by atoms with Crippen LogP contribution in [0.3, 0.4) is 0 Å². The van der Waals surface area contributed by atoms with Crippen LogP contribution in [0.15, 0.2) is 6.20 Å². The van der Waals surface area contributed by atoms with Gasteiger partial charge in [0.25, 0.3) is 0 Å². The Balaban J connectivity index is 1.77. The van der Waals surface area contributed by atoms with Gasteiger partial charge in [0, 0.05) is 24.9 Å². The molecule has 2 rings (SSSR count). The molecule has 1 atom stereocenters. The average Bonchev–Trinajstić information content (AvgIpc) is 2.78. The van der Waals surface area contributed by atoms with Crippen molar-refractivity contribution < 1.29 is 0 Å². The predicted molar refractivity (Wildman–Crippen MR) is 62.8 cm³/mol. The van der Waals surface area contributed by atoms with E-state index >= 15 is 0 Å². The van der Waals surface area contributed by atoms with Crippen molar-refractivity contribution in [2.45, 2.75) is 31.1 Å². The summed E-state index contributed by atoms with van der Waals surface area (Å²) in [5.74, 6) is 1.31. The zero-order valence-electron chi connectivity index (χ0n) is 9.36. The van der Waals surface area contributed by atoms with Gasteiger partial charge in [0.1, 0.15) is 0 Å². The molecule has 0 amide bonds. The highest BCUT2D eigenvalue weighted by Crippen LogP contribution is 2.36. The Hall–Kier alpha value is -0.550. The third-order valence-corrected chi connectivity index (χ3v) is 4.45. The molecule has 1 aliphatic rings. The van der Waals surface area contributed by atoms with Crippen LogP contribution in [-0.2, 0) is 13.6 Å². The molecule has 5 heteroatoms. The molecule has 2 heterocycles. The van der Waals surface area contributed by atoms with Gasteiger partial charge in [0.15, 0.2) is 0 Å². The third-order valence-electron chi connectivity index (χ3n) is 2.91. The van der Waals surface area contributed by atoms with Gasteiger partial charge in [-0.1, -0.05) is 5.21 Å². The maximum atomic E-state index is 3.91. The molecule has 84 valence electrons. The maximum absolute atomic E-state index is 3.91. The lowest BCUT2D eigenvalue weighted by Gasteiger charge is -2.22. The number of thioether (sulfide) groups is 1.